The molecule has 0 fully saturated rings. The molecule has 2 aromatic rings. The molecule has 0 aliphatic carbocycles. The van der Waals surface area contributed by atoms with Gasteiger partial charge in [0.05, 0.1) is 7.11 Å². The van der Waals surface area contributed by atoms with E-state index in [1.807, 2.05) is 18.2 Å². The molecule has 0 aliphatic heterocycles. The maximum absolute atomic E-state index is 11.5. The summed E-state index contributed by atoms with van der Waals surface area (Å²) >= 11 is 1.45. The van der Waals surface area contributed by atoms with Crippen LogP contribution in [0, 0.1) is 0 Å². The van der Waals surface area contributed by atoms with Crippen LogP contribution in [0.5, 0.6) is 5.75 Å². The van der Waals surface area contributed by atoms with E-state index >= 15 is 0 Å². The summed E-state index contributed by atoms with van der Waals surface area (Å²) in [6.45, 7) is 5.02. The van der Waals surface area contributed by atoms with E-state index in [0.717, 1.165) is 22.8 Å². The van der Waals surface area contributed by atoms with E-state index in [1.165, 1.54) is 16.3 Å². The molecule has 0 saturated heterocycles. The number of methoxy groups -OCH3 is 1. The number of ether oxygens (including phenoxy) is 1. The Bertz CT molecular complexity index is 665. The zero-order valence-electron chi connectivity index (χ0n) is 12.6. The highest BCUT2D eigenvalue weighted by Gasteiger charge is 2.18. The summed E-state index contributed by atoms with van der Waals surface area (Å²) in [5.74, 6) is 0.828. The van der Waals surface area contributed by atoms with Crippen molar-refractivity contribution in [2.24, 2.45) is 7.05 Å². The van der Waals surface area contributed by atoms with Crippen LogP contribution < -0.4 is 15.7 Å². The van der Waals surface area contributed by atoms with Crippen molar-refractivity contribution in [3.05, 3.63) is 34.2 Å². The summed E-state index contributed by atoms with van der Waals surface area (Å²) in [5.41, 5.74) is 0.851. The van der Waals surface area contributed by atoms with Gasteiger partial charge in [0.2, 0.25) is 0 Å². The Kier molecular flexibility index (Phi) is 5.08. The van der Waals surface area contributed by atoms with Crippen molar-refractivity contribution in [3.8, 4) is 5.75 Å². The molecular weight excluding hydrogens is 288 g/mol. The van der Waals surface area contributed by atoms with Gasteiger partial charge in [-0.1, -0.05) is 13.0 Å². The van der Waals surface area contributed by atoms with Crippen molar-refractivity contribution >= 4 is 11.8 Å². The highest BCUT2D eigenvalue weighted by molar-refractivity contribution is 7.99. The third-order valence-electron chi connectivity index (χ3n) is 3.23. The summed E-state index contributed by atoms with van der Waals surface area (Å²) in [7, 11) is 3.36. The van der Waals surface area contributed by atoms with E-state index in [1.54, 1.807) is 14.2 Å². The zero-order chi connectivity index (χ0) is 15.4. The Morgan fingerprint density at radius 2 is 2.29 bits per heavy atom. The average Bonchev–Trinajstić information content (AvgIpc) is 2.79. The predicted octanol–water partition coefficient (Wildman–Crippen LogP) is 1.94. The van der Waals surface area contributed by atoms with Gasteiger partial charge in [-0.15, -0.1) is 5.10 Å². The van der Waals surface area contributed by atoms with Gasteiger partial charge < -0.3 is 10.1 Å². The molecule has 0 bridgehead atoms. The van der Waals surface area contributed by atoms with E-state index < -0.39 is 0 Å². The number of nitrogens with zero attached hydrogens (tertiary/aromatic N) is 2. The number of H-pyrrole nitrogens is 1. The van der Waals surface area contributed by atoms with Crippen LogP contribution in [0.15, 0.2) is 33.0 Å². The molecule has 1 unspecified atom stereocenters. The first-order chi connectivity index (χ1) is 10.1. The second-order valence-corrected chi connectivity index (χ2v) is 5.63. The molecule has 7 heteroatoms. The van der Waals surface area contributed by atoms with Crippen molar-refractivity contribution in [3.63, 3.8) is 0 Å². The largest absolute Gasteiger partial charge is 0.496 e. The summed E-state index contributed by atoms with van der Waals surface area (Å²) in [4.78, 5) is 12.5. The van der Waals surface area contributed by atoms with Crippen LogP contribution in [-0.4, -0.2) is 28.4 Å². The van der Waals surface area contributed by atoms with Crippen LogP contribution in [0.4, 0.5) is 0 Å². The fourth-order valence-corrected chi connectivity index (χ4v) is 3.19. The molecular formula is C14H20N4O2S. The van der Waals surface area contributed by atoms with E-state index in [-0.39, 0.29) is 11.7 Å². The van der Waals surface area contributed by atoms with Crippen LogP contribution in [0.3, 0.4) is 0 Å². The number of hydrogen-bond donors (Lipinski definition) is 2. The lowest BCUT2D eigenvalue weighted by Crippen LogP contribution is -2.19. The zero-order valence-corrected chi connectivity index (χ0v) is 13.5. The highest BCUT2D eigenvalue weighted by atomic mass is 32.2. The summed E-state index contributed by atoms with van der Waals surface area (Å²) < 4.78 is 6.97. The normalized spacial score (nSPS) is 12.4. The molecule has 0 radical (unpaired) electrons. The lowest BCUT2D eigenvalue weighted by Gasteiger charge is -2.19. The fourth-order valence-electron chi connectivity index (χ4n) is 2.15. The van der Waals surface area contributed by atoms with Crippen molar-refractivity contribution in [1.29, 1.82) is 0 Å². The van der Waals surface area contributed by atoms with Crippen LogP contribution >= 0.6 is 11.8 Å². The van der Waals surface area contributed by atoms with Gasteiger partial charge in [-0.2, -0.15) is 0 Å². The topological polar surface area (TPSA) is 71.9 Å². The van der Waals surface area contributed by atoms with Crippen LogP contribution in [0.25, 0.3) is 0 Å². The Balaban J connectivity index is 2.43. The minimum atomic E-state index is -0.221. The van der Waals surface area contributed by atoms with Crippen LogP contribution in [-0.2, 0) is 7.05 Å². The number of rotatable bonds is 6. The molecule has 6 nitrogen and oxygen atoms in total. The van der Waals surface area contributed by atoms with Gasteiger partial charge in [-0.25, -0.2) is 9.89 Å². The molecule has 1 aromatic heterocycles. The van der Waals surface area contributed by atoms with Crippen molar-refractivity contribution in [2.45, 2.75) is 29.9 Å². The average molecular weight is 308 g/mol. The summed E-state index contributed by atoms with van der Waals surface area (Å²) in [6, 6.07) is 6.03. The lowest BCUT2D eigenvalue weighted by molar-refractivity contribution is 0.400. The SMILES string of the molecule is CCNC(C)c1c(OC)cccc1Sc1n[nH]c(=O)n1C. The maximum atomic E-state index is 11.5. The highest BCUT2D eigenvalue weighted by Crippen LogP contribution is 2.37. The van der Waals surface area contributed by atoms with Gasteiger partial charge in [0.1, 0.15) is 5.75 Å². The molecule has 114 valence electrons. The third kappa shape index (κ3) is 3.30. The number of aromatic amines is 1. The lowest BCUT2D eigenvalue weighted by atomic mass is 10.1. The third-order valence-corrected chi connectivity index (χ3v) is 4.35. The Morgan fingerprint density at radius 1 is 1.52 bits per heavy atom. The standard InChI is InChI=1S/C14H20N4O2S/c1-5-15-9(2)12-10(20-4)7-6-8-11(12)21-14-17-16-13(19)18(14)3/h6-9,15H,5H2,1-4H3,(H,16,19). The molecule has 1 atom stereocenters. The molecule has 0 spiro atoms. The minimum absolute atomic E-state index is 0.143. The Hall–Kier alpha value is -1.73. The first kappa shape index (κ1) is 15.7. The van der Waals surface area contributed by atoms with Gasteiger partial charge in [0.25, 0.3) is 0 Å². The van der Waals surface area contributed by atoms with E-state index in [0.29, 0.717) is 5.16 Å². The maximum Gasteiger partial charge on any atom is 0.343 e. The molecule has 0 amide bonds. The van der Waals surface area contributed by atoms with E-state index in [2.05, 4.69) is 29.4 Å². The van der Waals surface area contributed by atoms with Crippen molar-refractivity contribution < 1.29 is 4.74 Å². The van der Waals surface area contributed by atoms with Crippen LogP contribution in [0.2, 0.25) is 0 Å². The van der Waals surface area contributed by atoms with Gasteiger partial charge in [-0.05, 0) is 37.4 Å². The number of nitrogens with one attached hydrogen (secondary N) is 2. The molecule has 21 heavy (non-hydrogen) atoms. The summed E-state index contributed by atoms with van der Waals surface area (Å²) in [6.07, 6.45) is 0. The van der Waals surface area contributed by atoms with Crippen LogP contribution in [0.1, 0.15) is 25.5 Å². The van der Waals surface area contributed by atoms with E-state index in [4.69, 9.17) is 4.74 Å². The molecule has 2 rings (SSSR count). The van der Waals surface area contributed by atoms with Crippen molar-refractivity contribution in [2.75, 3.05) is 13.7 Å². The number of aromatic nitrogens is 3. The molecule has 1 heterocycles. The second kappa shape index (κ2) is 6.82. The van der Waals surface area contributed by atoms with Gasteiger partial charge in [0, 0.05) is 23.5 Å². The minimum Gasteiger partial charge on any atom is -0.496 e. The predicted molar refractivity (Wildman–Crippen MR) is 83.0 cm³/mol. The molecule has 0 aliphatic rings. The molecule has 2 N–H and O–H groups in total. The Morgan fingerprint density at radius 3 is 2.86 bits per heavy atom. The first-order valence-corrected chi connectivity index (χ1v) is 7.59. The number of hydrogen-bond acceptors (Lipinski definition) is 5. The van der Waals surface area contributed by atoms with Gasteiger partial charge in [-0.3, -0.25) is 4.57 Å². The first-order valence-electron chi connectivity index (χ1n) is 6.78. The fraction of sp³-hybridized carbons (Fsp3) is 0.429. The van der Waals surface area contributed by atoms with Crippen molar-refractivity contribution in [1.82, 2.24) is 20.1 Å². The number of benzene rings is 1. The Labute approximate surface area is 127 Å². The van der Waals surface area contributed by atoms with Gasteiger partial charge in [0.15, 0.2) is 5.16 Å². The smallest absolute Gasteiger partial charge is 0.343 e. The van der Waals surface area contributed by atoms with Gasteiger partial charge >= 0.3 is 5.69 Å². The second-order valence-electron chi connectivity index (χ2n) is 4.62. The monoisotopic (exact) mass is 308 g/mol. The van der Waals surface area contributed by atoms with E-state index in [9.17, 15) is 4.79 Å². The quantitative estimate of drug-likeness (QED) is 0.853. The molecule has 0 saturated carbocycles. The summed E-state index contributed by atoms with van der Waals surface area (Å²) in [5, 5.41) is 10.5. The molecule has 1 aromatic carbocycles.